The first kappa shape index (κ1) is 11.7. The van der Waals surface area contributed by atoms with Gasteiger partial charge >= 0.3 is 0 Å². The van der Waals surface area contributed by atoms with Gasteiger partial charge in [-0.25, -0.2) is 0 Å². The lowest BCUT2D eigenvalue weighted by Crippen LogP contribution is -2.29. The molecule has 0 aromatic carbocycles. The topological polar surface area (TPSA) is 68.0 Å². The molecule has 0 radical (unpaired) electrons. The zero-order chi connectivity index (χ0) is 11.5. The monoisotopic (exact) mass is 207 g/mol. The average molecular weight is 207 g/mol. The number of hydrogen-bond acceptors (Lipinski definition) is 3. The standard InChI is InChI=1S/C11H17N3O/c1-11(2,3)9-5-4-8(6-13-9)10(15)14-7-12/h4-6H,7,12H2,1-3H3,(H,14,15). The first-order chi connectivity index (χ1) is 6.95. The highest BCUT2D eigenvalue weighted by molar-refractivity contribution is 5.93. The van der Waals surface area contributed by atoms with E-state index >= 15 is 0 Å². The number of carbonyl (C=O) groups is 1. The number of nitrogens with two attached hydrogens (primary N) is 1. The summed E-state index contributed by atoms with van der Waals surface area (Å²) in [7, 11) is 0. The zero-order valence-corrected chi connectivity index (χ0v) is 9.37. The molecule has 4 nitrogen and oxygen atoms in total. The molecule has 1 aromatic heterocycles. The maximum Gasteiger partial charge on any atom is 0.253 e. The summed E-state index contributed by atoms with van der Waals surface area (Å²) in [5.41, 5.74) is 6.72. The number of nitrogens with zero attached hydrogens (tertiary/aromatic N) is 1. The Morgan fingerprint density at radius 3 is 2.53 bits per heavy atom. The molecule has 4 heteroatoms. The molecule has 1 aromatic rings. The Hall–Kier alpha value is -1.42. The van der Waals surface area contributed by atoms with E-state index in [-0.39, 0.29) is 18.0 Å². The highest BCUT2D eigenvalue weighted by Crippen LogP contribution is 2.19. The van der Waals surface area contributed by atoms with Gasteiger partial charge in [-0.1, -0.05) is 20.8 Å². The van der Waals surface area contributed by atoms with Gasteiger partial charge < -0.3 is 11.1 Å². The van der Waals surface area contributed by atoms with Crippen LogP contribution in [-0.4, -0.2) is 17.6 Å². The fraction of sp³-hybridized carbons (Fsp3) is 0.455. The van der Waals surface area contributed by atoms with E-state index in [1.54, 1.807) is 12.3 Å². The Kier molecular flexibility index (Phi) is 3.42. The number of pyridine rings is 1. The van der Waals surface area contributed by atoms with Gasteiger partial charge in [0.1, 0.15) is 0 Å². The van der Waals surface area contributed by atoms with E-state index in [1.807, 2.05) is 6.07 Å². The fourth-order valence-electron chi connectivity index (χ4n) is 1.17. The van der Waals surface area contributed by atoms with Crippen molar-refractivity contribution in [1.82, 2.24) is 10.3 Å². The summed E-state index contributed by atoms with van der Waals surface area (Å²) in [5.74, 6) is -0.189. The molecule has 3 N–H and O–H groups in total. The van der Waals surface area contributed by atoms with Crippen LogP contribution in [0.4, 0.5) is 0 Å². The van der Waals surface area contributed by atoms with Crippen LogP contribution in [-0.2, 0) is 5.41 Å². The quantitative estimate of drug-likeness (QED) is 0.711. The molecule has 0 bridgehead atoms. The van der Waals surface area contributed by atoms with Crippen LogP contribution in [0.15, 0.2) is 18.3 Å². The Morgan fingerprint density at radius 1 is 1.47 bits per heavy atom. The number of aromatic nitrogens is 1. The van der Waals surface area contributed by atoms with Crippen molar-refractivity contribution in [2.45, 2.75) is 26.2 Å². The third-order valence-corrected chi connectivity index (χ3v) is 2.06. The molecule has 0 fully saturated rings. The van der Waals surface area contributed by atoms with Gasteiger partial charge in [0.25, 0.3) is 5.91 Å². The van der Waals surface area contributed by atoms with E-state index in [0.717, 1.165) is 5.69 Å². The molecule has 0 atom stereocenters. The van der Waals surface area contributed by atoms with E-state index in [1.165, 1.54) is 0 Å². The van der Waals surface area contributed by atoms with Gasteiger partial charge in [0, 0.05) is 17.3 Å². The van der Waals surface area contributed by atoms with Crippen molar-refractivity contribution >= 4 is 5.91 Å². The molecule has 0 saturated carbocycles. The molecule has 1 rings (SSSR count). The summed E-state index contributed by atoms with van der Waals surface area (Å²) in [6, 6.07) is 3.63. The molecular formula is C11H17N3O. The van der Waals surface area contributed by atoms with Crippen LogP contribution in [0.1, 0.15) is 36.8 Å². The summed E-state index contributed by atoms with van der Waals surface area (Å²) in [5, 5.41) is 2.52. The molecule has 0 aliphatic rings. The lowest BCUT2D eigenvalue weighted by atomic mass is 9.91. The normalized spacial score (nSPS) is 11.2. The second kappa shape index (κ2) is 4.40. The fourth-order valence-corrected chi connectivity index (χ4v) is 1.17. The molecule has 0 spiro atoms. The number of amides is 1. The molecule has 1 heterocycles. The summed E-state index contributed by atoms with van der Waals surface area (Å²) >= 11 is 0. The van der Waals surface area contributed by atoms with Gasteiger partial charge in [-0.05, 0) is 12.1 Å². The number of rotatable bonds is 2. The minimum atomic E-state index is -0.189. The van der Waals surface area contributed by atoms with Crippen molar-refractivity contribution in [3.8, 4) is 0 Å². The smallest absolute Gasteiger partial charge is 0.253 e. The lowest BCUT2D eigenvalue weighted by Gasteiger charge is -2.17. The van der Waals surface area contributed by atoms with Gasteiger partial charge in [-0.2, -0.15) is 0 Å². The van der Waals surface area contributed by atoms with Crippen molar-refractivity contribution in [3.05, 3.63) is 29.6 Å². The lowest BCUT2D eigenvalue weighted by molar-refractivity contribution is 0.0954. The predicted molar refractivity (Wildman–Crippen MR) is 59.5 cm³/mol. The van der Waals surface area contributed by atoms with Crippen LogP contribution in [0, 0.1) is 0 Å². The van der Waals surface area contributed by atoms with E-state index in [9.17, 15) is 4.79 Å². The summed E-state index contributed by atoms with van der Waals surface area (Å²) in [4.78, 5) is 15.6. The second-order valence-corrected chi connectivity index (χ2v) is 4.39. The number of nitrogens with one attached hydrogen (secondary N) is 1. The summed E-state index contributed by atoms with van der Waals surface area (Å²) in [6.07, 6.45) is 1.57. The maximum absolute atomic E-state index is 11.4. The molecule has 82 valence electrons. The first-order valence-corrected chi connectivity index (χ1v) is 4.90. The van der Waals surface area contributed by atoms with E-state index < -0.39 is 0 Å². The third-order valence-electron chi connectivity index (χ3n) is 2.06. The van der Waals surface area contributed by atoms with Gasteiger partial charge in [0.2, 0.25) is 0 Å². The Bertz CT molecular complexity index is 338. The van der Waals surface area contributed by atoms with Crippen molar-refractivity contribution in [2.75, 3.05) is 6.67 Å². The van der Waals surface area contributed by atoms with E-state index in [2.05, 4.69) is 31.1 Å². The predicted octanol–water partition coefficient (Wildman–Crippen LogP) is 1.03. The molecule has 0 aliphatic heterocycles. The van der Waals surface area contributed by atoms with Crippen LogP contribution >= 0.6 is 0 Å². The van der Waals surface area contributed by atoms with Crippen molar-refractivity contribution in [3.63, 3.8) is 0 Å². The number of carbonyl (C=O) groups excluding carboxylic acids is 1. The van der Waals surface area contributed by atoms with Crippen molar-refractivity contribution in [1.29, 1.82) is 0 Å². The Morgan fingerprint density at radius 2 is 2.13 bits per heavy atom. The highest BCUT2D eigenvalue weighted by atomic mass is 16.1. The van der Waals surface area contributed by atoms with Gasteiger partial charge in [-0.3, -0.25) is 9.78 Å². The molecule has 0 aliphatic carbocycles. The van der Waals surface area contributed by atoms with Crippen molar-refractivity contribution in [2.24, 2.45) is 5.73 Å². The van der Waals surface area contributed by atoms with Crippen LogP contribution in [0.5, 0.6) is 0 Å². The first-order valence-electron chi connectivity index (χ1n) is 4.90. The SMILES string of the molecule is CC(C)(C)c1ccc(C(=O)NCN)cn1. The number of hydrogen-bond donors (Lipinski definition) is 2. The Labute approximate surface area is 89.9 Å². The van der Waals surface area contributed by atoms with Gasteiger partial charge in [-0.15, -0.1) is 0 Å². The van der Waals surface area contributed by atoms with Crippen LogP contribution < -0.4 is 11.1 Å². The zero-order valence-electron chi connectivity index (χ0n) is 9.37. The second-order valence-electron chi connectivity index (χ2n) is 4.39. The molecular weight excluding hydrogens is 190 g/mol. The molecule has 15 heavy (non-hydrogen) atoms. The maximum atomic E-state index is 11.4. The van der Waals surface area contributed by atoms with Crippen LogP contribution in [0.3, 0.4) is 0 Å². The minimum absolute atomic E-state index is 0.00285. The van der Waals surface area contributed by atoms with E-state index in [4.69, 9.17) is 5.73 Å². The third kappa shape index (κ3) is 3.02. The molecule has 1 amide bonds. The highest BCUT2D eigenvalue weighted by Gasteiger charge is 2.15. The summed E-state index contributed by atoms with van der Waals surface area (Å²) in [6.45, 7) is 6.37. The van der Waals surface area contributed by atoms with Gasteiger partial charge in [0.15, 0.2) is 0 Å². The van der Waals surface area contributed by atoms with Crippen LogP contribution in [0.25, 0.3) is 0 Å². The van der Waals surface area contributed by atoms with Gasteiger partial charge in [0.05, 0.1) is 12.2 Å². The minimum Gasteiger partial charge on any atom is -0.340 e. The molecule has 0 unspecified atom stereocenters. The van der Waals surface area contributed by atoms with Crippen molar-refractivity contribution < 1.29 is 4.79 Å². The largest absolute Gasteiger partial charge is 0.340 e. The molecule has 0 saturated heterocycles. The Balaban J connectivity index is 2.86. The van der Waals surface area contributed by atoms with Crippen LogP contribution in [0.2, 0.25) is 0 Å². The average Bonchev–Trinajstić information content (AvgIpc) is 2.17. The summed E-state index contributed by atoms with van der Waals surface area (Å²) < 4.78 is 0. The van der Waals surface area contributed by atoms with E-state index in [0.29, 0.717) is 5.56 Å².